The van der Waals surface area contributed by atoms with E-state index in [0.29, 0.717) is 5.56 Å². The van der Waals surface area contributed by atoms with Crippen LogP contribution in [0.3, 0.4) is 0 Å². The van der Waals surface area contributed by atoms with Crippen molar-refractivity contribution in [3.8, 4) is 0 Å². The number of aliphatic hydroxyl groups is 1. The first-order chi connectivity index (χ1) is 10.3. The summed E-state index contributed by atoms with van der Waals surface area (Å²) in [5, 5.41) is 16.6. The average Bonchev–Trinajstić information content (AvgIpc) is 2.78. The van der Waals surface area contributed by atoms with Gasteiger partial charge in [0, 0.05) is 7.05 Å². The zero-order valence-corrected chi connectivity index (χ0v) is 12.3. The molecule has 0 saturated heterocycles. The molecule has 0 spiro atoms. The third-order valence-corrected chi connectivity index (χ3v) is 3.28. The molecule has 1 aromatic carbocycles. The molecule has 2 rings (SSSR count). The van der Waals surface area contributed by atoms with Crippen molar-refractivity contribution < 1.29 is 14.3 Å². The molecule has 0 radical (unpaired) electrons. The number of amides is 1. The maximum atomic E-state index is 12.9. The van der Waals surface area contributed by atoms with Gasteiger partial charge in [0.2, 0.25) is 5.91 Å². The number of aryl methyl sites for hydroxylation is 1. The van der Waals surface area contributed by atoms with Gasteiger partial charge in [-0.05, 0) is 24.6 Å². The van der Waals surface area contributed by atoms with Gasteiger partial charge in [-0.3, -0.25) is 9.36 Å². The van der Waals surface area contributed by atoms with Crippen LogP contribution in [0.5, 0.6) is 0 Å². The third-order valence-electron chi connectivity index (χ3n) is 3.28. The van der Waals surface area contributed by atoms with Crippen molar-refractivity contribution in [1.29, 1.82) is 0 Å². The number of carbonyl (C=O) groups is 1. The third kappa shape index (κ3) is 3.59. The number of halogens is 1. The van der Waals surface area contributed by atoms with Crippen LogP contribution in [-0.4, -0.2) is 31.9 Å². The van der Waals surface area contributed by atoms with E-state index in [4.69, 9.17) is 0 Å². The standard InChI is InChI=1S/C14H17FN4O3/c1-14(22,10-3-5-11(15)6-4-10)8-16-12(20)7-19-13(21)18(2)9-17-19/h3-6,9,22H,7-8H2,1-2H3,(H,16,20). The lowest BCUT2D eigenvalue weighted by atomic mass is 9.96. The molecule has 1 amide bonds. The molecule has 1 atom stereocenters. The van der Waals surface area contributed by atoms with Gasteiger partial charge in [-0.2, -0.15) is 5.10 Å². The number of nitrogens with zero attached hydrogens (tertiary/aromatic N) is 3. The first kappa shape index (κ1) is 15.9. The Balaban J connectivity index is 1.96. The van der Waals surface area contributed by atoms with Gasteiger partial charge in [-0.25, -0.2) is 13.9 Å². The number of rotatable bonds is 5. The van der Waals surface area contributed by atoms with E-state index in [0.717, 1.165) is 4.68 Å². The highest BCUT2D eigenvalue weighted by Crippen LogP contribution is 2.19. The van der Waals surface area contributed by atoms with Gasteiger partial charge in [-0.15, -0.1) is 0 Å². The van der Waals surface area contributed by atoms with Gasteiger partial charge >= 0.3 is 5.69 Å². The van der Waals surface area contributed by atoms with Crippen LogP contribution in [0.25, 0.3) is 0 Å². The van der Waals surface area contributed by atoms with Crippen molar-refractivity contribution in [3.63, 3.8) is 0 Å². The molecule has 22 heavy (non-hydrogen) atoms. The summed E-state index contributed by atoms with van der Waals surface area (Å²) in [4.78, 5) is 23.4. The zero-order chi connectivity index (χ0) is 16.3. The Hall–Kier alpha value is -2.48. The largest absolute Gasteiger partial charge is 0.384 e. The lowest BCUT2D eigenvalue weighted by molar-refractivity contribution is -0.123. The summed E-state index contributed by atoms with van der Waals surface area (Å²) in [5.41, 5.74) is -1.28. The molecule has 7 nitrogen and oxygen atoms in total. The van der Waals surface area contributed by atoms with Crippen molar-refractivity contribution >= 4 is 5.91 Å². The Labute approximate surface area is 126 Å². The highest BCUT2D eigenvalue weighted by atomic mass is 19.1. The monoisotopic (exact) mass is 308 g/mol. The van der Waals surface area contributed by atoms with Crippen molar-refractivity contribution in [2.45, 2.75) is 19.1 Å². The van der Waals surface area contributed by atoms with Gasteiger partial charge in [0.05, 0.1) is 6.54 Å². The molecule has 0 aliphatic heterocycles. The fourth-order valence-electron chi connectivity index (χ4n) is 1.90. The Morgan fingerprint density at radius 2 is 2.05 bits per heavy atom. The summed E-state index contributed by atoms with van der Waals surface area (Å²) in [6.45, 7) is 1.20. The quantitative estimate of drug-likeness (QED) is 0.797. The Morgan fingerprint density at radius 3 is 2.59 bits per heavy atom. The van der Waals surface area contributed by atoms with Gasteiger partial charge in [0.15, 0.2) is 0 Å². The van der Waals surface area contributed by atoms with E-state index in [9.17, 15) is 19.1 Å². The second kappa shape index (κ2) is 6.10. The molecule has 8 heteroatoms. The predicted molar refractivity (Wildman–Crippen MR) is 76.4 cm³/mol. The van der Waals surface area contributed by atoms with E-state index < -0.39 is 23.0 Å². The fourth-order valence-corrected chi connectivity index (χ4v) is 1.90. The van der Waals surface area contributed by atoms with Crippen molar-refractivity contribution in [2.24, 2.45) is 7.05 Å². The fraction of sp³-hybridized carbons (Fsp3) is 0.357. The molecule has 0 aliphatic rings. The first-order valence-electron chi connectivity index (χ1n) is 6.63. The molecule has 1 unspecified atom stereocenters. The van der Waals surface area contributed by atoms with Gasteiger partial charge in [0.25, 0.3) is 0 Å². The molecule has 0 bridgehead atoms. The Bertz CT molecular complexity index is 718. The summed E-state index contributed by atoms with van der Waals surface area (Å²) in [5.74, 6) is -0.860. The normalized spacial score (nSPS) is 13.6. The second-order valence-corrected chi connectivity index (χ2v) is 5.24. The van der Waals surface area contributed by atoms with E-state index in [-0.39, 0.29) is 13.1 Å². The molecule has 1 heterocycles. The van der Waals surface area contributed by atoms with E-state index >= 15 is 0 Å². The highest BCUT2D eigenvalue weighted by Gasteiger charge is 2.24. The summed E-state index contributed by atoms with van der Waals surface area (Å²) < 4.78 is 15.1. The summed E-state index contributed by atoms with van der Waals surface area (Å²) in [7, 11) is 1.53. The molecule has 0 saturated carbocycles. The van der Waals surface area contributed by atoms with Crippen molar-refractivity contribution in [1.82, 2.24) is 19.7 Å². The van der Waals surface area contributed by atoms with Gasteiger partial charge in [0.1, 0.15) is 24.3 Å². The number of nitrogens with one attached hydrogen (secondary N) is 1. The molecular weight excluding hydrogens is 291 g/mol. The van der Waals surface area contributed by atoms with Crippen LogP contribution in [0.2, 0.25) is 0 Å². The van der Waals surface area contributed by atoms with Crippen LogP contribution in [0, 0.1) is 5.82 Å². The zero-order valence-electron chi connectivity index (χ0n) is 12.3. The number of hydrogen-bond acceptors (Lipinski definition) is 4. The minimum Gasteiger partial charge on any atom is -0.384 e. The average molecular weight is 308 g/mol. The van der Waals surface area contributed by atoms with Crippen molar-refractivity contribution in [3.05, 3.63) is 52.5 Å². The number of benzene rings is 1. The van der Waals surface area contributed by atoms with Crippen molar-refractivity contribution in [2.75, 3.05) is 6.54 Å². The van der Waals surface area contributed by atoms with E-state index in [1.165, 1.54) is 49.1 Å². The van der Waals surface area contributed by atoms with Crippen LogP contribution < -0.4 is 11.0 Å². The molecular formula is C14H17FN4O3. The second-order valence-electron chi connectivity index (χ2n) is 5.24. The number of carbonyl (C=O) groups excluding carboxylic acids is 1. The first-order valence-corrected chi connectivity index (χ1v) is 6.63. The maximum absolute atomic E-state index is 12.9. The topological polar surface area (TPSA) is 89.2 Å². The minimum atomic E-state index is -1.35. The molecule has 1 aromatic heterocycles. The Morgan fingerprint density at radius 1 is 1.41 bits per heavy atom. The van der Waals surface area contributed by atoms with Gasteiger partial charge < -0.3 is 10.4 Å². The maximum Gasteiger partial charge on any atom is 0.345 e. The van der Waals surface area contributed by atoms with E-state index in [1.807, 2.05) is 0 Å². The molecule has 0 fully saturated rings. The number of aromatic nitrogens is 3. The summed E-state index contributed by atoms with van der Waals surface area (Å²) in [6, 6.07) is 5.37. The molecule has 118 valence electrons. The smallest absolute Gasteiger partial charge is 0.345 e. The highest BCUT2D eigenvalue weighted by molar-refractivity contribution is 5.75. The SMILES string of the molecule is Cn1cnn(CC(=O)NCC(C)(O)c2ccc(F)cc2)c1=O. The molecule has 2 N–H and O–H groups in total. The Kier molecular flexibility index (Phi) is 4.41. The van der Waals surface area contributed by atoms with E-state index in [1.54, 1.807) is 0 Å². The van der Waals surface area contributed by atoms with Crippen LogP contribution in [0.1, 0.15) is 12.5 Å². The lowest BCUT2D eigenvalue weighted by Gasteiger charge is -2.24. The van der Waals surface area contributed by atoms with Crippen LogP contribution in [0.15, 0.2) is 35.4 Å². The van der Waals surface area contributed by atoms with Gasteiger partial charge in [-0.1, -0.05) is 12.1 Å². The predicted octanol–water partition coefficient (Wildman–Crippen LogP) is -0.255. The van der Waals surface area contributed by atoms with Crippen LogP contribution in [0.4, 0.5) is 4.39 Å². The molecule has 2 aromatic rings. The number of hydrogen-bond donors (Lipinski definition) is 2. The van der Waals surface area contributed by atoms with Crippen LogP contribution in [-0.2, 0) is 24.0 Å². The van der Waals surface area contributed by atoms with Crippen LogP contribution >= 0.6 is 0 Å². The minimum absolute atomic E-state index is 0.0704. The van der Waals surface area contributed by atoms with E-state index in [2.05, 4.69) is 10.4 Å². The summed E-state index contributed by atoms with van der Waals surface area (Å²) in [6.07, 6.45) is 1.31. The summed E-state index contributed by atoms with van der Waals surface area (Å²) >= 11 is 0. The lowest BCUT2D eigenvalue weighted by Crippen LogP contribution is -2.41. The molecule has 0 aliphatic carbocycles.